The molecule has 0 unspecified atom stereocenters. The van der Waals surface area contributed by atoms with Crippen molar-refractivity contribution in [3.63, 3.8) is 0 Å². The number of ether oxygens (including phenoxy) is 1. The zero-order valence-corrected chi connectivity index (χ0v) is 12.2. The Morgan fingerprint density at radius 3 is 2.55 bits per heavy atom. The molecule has 0 bridgehead atoms. The molecule has 1 amide bonds. The fourth-order valence-electron chi connectivity index (χ4n) is 1.90. The zero-order chi connectivity index (χ0) is 14.4. The summed E-state index contributed by atoms with van der Waals surface area (Å²) in [4.78, 5) is 12.8. The molecule has 0 aromatic heterocycles. The molecule has 0 aliphatic heterocycles. The first kappa shape index (κ1) is 14.5. The van der Waals surface area contributed by atoms with E-state index in [2.05, 4.69) is 17.9 Å². The molecule has 0 saturated heterocycles. The van der Waals surface area contributed by atoms with Crippen LogP contribution in [0.25, 0.3) is 0 Å². The van der Waals surface area contributed by atoms with Crippen LogP contribution in [0, 0.1) is 0 Å². The molecule has 0 spiro atoms. The molecule has 1 N–H and O–H groups in total. The van der Waals surface area contributed by atoms with Gasteiger partial charge in [-0.1, -0.05) is 30.3 Å². The number of thiol groups is 1. The Kier molecular flexibility index (Phi) is 5.07. The molecule has 0 aliphatic carbocycles. The van der Waals surface area contributed by atoms with Crippen molar-refractivity contribution in [2.75, 3.05) is 7.11 Å². The van der Waals surface area contributed by atoms with Crippen molar-refractivity contribution in [1.82, 2.24) is 5.32 Å². The monoisotopic (exact) mass is 287 g/mol. The lowest BCUT2D eigenvalue weighted by Crippen LogP contribution is -2.24. The zero-order valence-electron chi connectivity index (χ0n) is 11.3. The van der Waals surface area contributed by atoms with Crippen molar-refractivity contribution < 1.29 is 9.53 Å². The summed E-state index contributed by atoms with van der Waals surface area (Å²) in [5.74, 6) is 0.773. The molecule has 4 heteroatoms. The van der Waals surface area contributed by atoms with E-state index in [4.69, 9.17) is 4.74 Å². The van der Waals surface area contributed by atoms with E-state index in [1.54, 1.807) is 7.11 Å². The highest BCUT2D eigenvalue weighted by atomic mass is 32.1. The van der Waals surface area contributed by atoms with Crippen molar-refractivity contribution in [1.29, 1.82) is 0 Å². The smallest absolute Gasteiger partial charge is 0.224 e. The molecule has 0 heterocycles. The van der Waals surface area contributed by atoms with Gasteiger partial charge >= 0.3 is 0 Å². The van der Waals surface area contributed by atoms with Gasteiger partial charge in [-0.2, -0.15) is 0 Å². The van der Waals surface area contributed by atoms with E-state index < -0.39 is 0 Å². The van der Waals surface area contributed by atoms with Gasteiger partial charge in [-0.25, -0.2) is 0 Å². The van der Waals surface area contributed by atoms with E-state index in [9.17, 15) is 4.79 Å². The first-order valence-electron chi connectivity index (χ1n) is 6.35. The Hall–Kier alpha value is -1.94. The first-order valence-corrected chi connectivity index (χ1v) is 6.80. The minimum atomic E-state index is -0.0113. The van der Waals surface area contributed by atoms with Crippen LogP contribution >= 0.6 is 12.6 Å². The summed E-state index contributed by atoms with van der Waals surface area (Å²) >= 11 is 4.22. The van der Waals surface area contributed by atoms with Gasteiger partial charge in [0.15, 0.2) is 0 Å². The van der Waals surface area contributed by atoms with Crippen LogP contribution in [0.4, 0.5) is 0 Å². The lowest BCUT2D eigenvalue weighted by molar-refractivity contribution is -0.120. The maximum Gasteiger partial charge on any atom is 0.224 e. The van der Waals surface area contributed by atoms with Crippen LogP contribution in [0.3, 0.4) is 0 Å². The van der Waals surface area contributed by atoms with E-state index in [1.165, 1.54) is 0 Å². The van der Waals surface area contributed by atoms with Gasteiger partial charge in [0.1, 0.15) is 5.75 Å². The third kappa shape index (κ3) is 4.03. The number of rotatable bonds is 5. The minimum absolute atomic E-state index is 0.0113. The number of methoxy groups -OCH3 is 1. The molecule has 0 aliphatic rings. The molecule has 0 saturated carbocycles. The Morgan fingerprint density at radius 1 is 1.15 bits per heavy atom. The highest BCUT2D eigenvalue weighted by Gasteiger charge is 2.06. The molecular formula is C16H17NO2S. The maximum absolute atomic E-state index is 11.9. The molecule has 0 fully saturated rings. The number of amides is 1. The second-order valence-electron chi connectivity index (χ2n) is 4.43. The molecule has 0 atom stereocenters. The molecule has 2 aromatic rings. The standard InChI is InChI=1S/C16H17NO2S/c1-19-15-5-3-2-4-13(15)11-17-16(18)10-12-6-8-14(20)9-7-12/h2-9,20H,10-11H2,1H3,(H,17,18). The van der Waals surface area contributed by atoms with E-state index in [-0.39, 0.29) is 5.91 Å². The quantitative estimate of drug-likeness (QED) is 0.830. The largest absolute Gasteiger partial charge is 0.496 e. The van der Waals surface area contributed by atoms with Gasteiger partial charge in [0.05, 0.1) is 13.5 Å². The highest BCUT2D eigenvalue weighted by molar-refractivity contribution is 7.80. The summed E-state index contributed by atoms with van der Waals surface area (Å²) in [6.45, 7) is 0.466. The van der Waals surface area contributed by atoms with Crippen molar-refractivity contribution in [2.24, 2.45) is 0 Å². The highest BCUT2D eigenvalue weighted by Crippen LogP contribution is 2.16. The number of carbonyl (C=O) groups excluding carboxylic acids is 1. The third-order valence-corrected chi connectivity index (χ3v) is 3.27. The molecular weight excluding hydrogens is 270 g/mol. The average Bonchev–Trinajstić information content (AvgIpc) is 2.48. The molecule has 2 aromatic carbocycles. The number of hydrogen-bond donors (Lipinski definition) is 2. The second-order valence-corrected chi connectivity index (χ2v) is 4.95. The Labute approximate surface area is 124 Å². The molecule has 20 heavy (non-hydrogen) atoms. The van der Waals surface area contributed by atoms with Crippen LogP contribution in [0.2, 0.25) is 0 Å². The SMILES string of the molecule is COc1ccccc1CNC(=O)Cc1ccc(S)cc1. The predicted molar refractivity (Wildman–Crippen MR) is 82.2 cm³/mol. The first-order chi connectivity index (χ1) is 9.69. The molecule has 2 rings (SSSR count). The summed E-state index contributed by atoms with van der Waals surface area (Å²) in [5.41, 5.74) is 1.94. The number of benzene rings is 2. The van der Waals surface area contributed by atoms with Crippen molar-refractivity contribution >= 4 is 18.5 Å². The average molecular weight is 287 g/mol. The van der Waals surface area contributed by atoms with E-state index in [0.717, 1.165) is 21.8 Å². The Morgan fingerprint density at radius 2 is 1.85 bits per heavy atom. The Balaban J connectivity index is 1.90. The summed E-state index contributed by atoms with van der Waals surface area (Å²) < 4.78 is 5.25. The van der Waals surface area contributed by atoms with Gasteiger partial charge < -0.3 is 10.1 Å². The summed E-state index contributed by atoms with van der Waals surface area (Å²) in [6, 6.07) is 15.2. The van der Waals surface area contributed by atoms with Gasteiger partial charge in [-0.3, -0.25) is 4.79 Å². The summed E-state index contributed by atoms with van der Waals surface area (Å²) in [5, 5.41) is 2.90. The summed E-state index contributed by atoms with van der Waals surface area (Å²) in [7, 11) is 1.62. The van der Waals surface area contributed by atoms with E-state index in [1.807, 2.05) is 48.5 Å². The number of hydrogen-bond acceptors (Lipinski definition) is 3. The second kappa shape index (κ2) is 7.01. The van der Waals surface area contributed by atoms with Crippen LogP contribution in [0.15, 0.2) is 53.4 Å². The van der Waals surface area contributed by atoms with Gasteiger partial charge in [0.2, 0.25) is 5.91 Å². The van der Waals surface area contributed by atoms with Crippen LogP contribution < -0.4 is 10.1 Å². The van der Waals surface area contributed by atoms with Gasteiger partial charge in [0.25, 0.3) is 0 Å². The minimum Gasteiger partial charge on any atom is -0.496 e. The van der Waals surface area contributed by atoms with Crippen LogP contribution in [-0.2, 0) is 17.8 Å². The number of para-hydroxylation sites is 1. The third-order valence-electron chi connectivity index (χ3n) is 2.97. The normalized spacial score (nSPS) is 10.1. The molecule has 104 valence electrons. The number of carbonyl (C=O) groups is 1. The predicted octanol–water partition coefficient (Wildman–Crippen LogP) is 2.84. The maximum atomic E-state index is 11.9. The van der Waals surface area contributed by atoms with E-state index in [0.29, 0.717) is 13.0 Å². The Bertz CT molecular complexity index is 581. The topological polar surface area (TPSA) is 38.3 Å². The fraction of sp³-hybridized carbons (Fsp3) is 0.188. The lowest BCUT2D eigenvalue weighted by atomic mass is 10.1. The van der Waals surface area contributed by atoms with Crippen molar-refractivity contribution in [3.8, 4) is 5.75 Å². The molecule has 0 radical (unpaired) electrons. The van der Waals surface area contributed by atoms with Gasteiger partial charge in [0, 0.05) is 17.0 Å². The van der Waals surface area contributed by atoms with Crippen LogP contribution in [0.5, 0.6) is 5.75 Å². The van der Waals surface area contributed by atoms with E-state index >= 15 is 0 Å². The number of nitrogens with one attached hydrogen (secondary N) is 1. The van der Waals surface area contributed by atoms with Crippen molar-refractivity contribution in [3.05, 3.63) is 59.7 Å². The lowest BCUT2D eigenvalue weighted by Gasteiger charge is -2.09. The fourth-order valence-corrected chi connectivity index (χ4v) is 2.05. The van der Waals surface area contributed by atoms with Gasteiger partial charge in [-0.05, 0) is 23.8 Å². The van der Waals surface area contributed by atoms with Crippen molar-refractivity contribution in [2.45, 2.75) is 17.9 Å². The summed E-state index contributed by atoms with van der Waals surface area (Å²) in [6.07, 6.45) is 0.364. The van der Waals surface area contributed by atoms with Crippen LogP contribution in [0.1, 0.15) is 11.1 Å². The van der Waals surface area contributed by atoms with Gasteiger partial charge in [-0.15, -0.1) is 12.6 Å². The van der Waals surface area contributed by atoms with Crippen LogP contribution in [-0.4, -0.2) is 13.0 Å². The molecule has 3 nitrogen and oxygen atoms in total.